The van der Waals surface area contributed by atoms with E-state index in [1.807, 2.05) is 18.4 Å². The number of halogens is 1. The molecule has 0 aliphatic rings. The van der Waals surface area contributed by atoms with Crippen molar-refractivity contribution >= 4 is 28.6 Å². The molecule has 0 amide bonds. The number of hydrogen-bond acceptors (Lipinski definition) is 4. The first-order valence-corrected chi connectivity index (χ1v) is 7.53. The number of hydrogen-bond donors (Lipinski definition) is 1. The fraction of sp³-hybridized carbons (Fsp3) is 0.286. The Kier molecular flexibility index (Phi) is 4.98. The van der Waals surface area contributed by atoms with E-state index >= 15 is 0 Å². The summed E-state index contributed by atoms with van der Waals surface area (Å²) < 4.78 is 1.28. The van der Waals surface area contributed by atoms with E-state index in [2.05, 4.69) is 23.1 Å². The maximum Gasteiger partial charge on any atom is 0.287 e. The minimum Gasteiger partial charge on any atom is -0.380 e. The lowest BCUT2D eigenvalue weighted by molar-refractivity contribution is 0.651. The molecule has 0 saturated heterocycles. The van der Waals surface area contributed by atoms with E-state index in [0.717, 1.165) is 6.42 Å². The van der Waals surface area contributed by atoms with Crippen molar-refractivity contribution in [1.82, 2.24) is 9.78 Å². The quantitative estimate of drug-likeness (QED) is 0.834. The van der Waals surface area contributed by atoms with Crippen molar-refractivity contribution in [3.05, 3.63) is 56.6 Å². The van der Waals surface area contributed by atoms with E-state index < -0.39 is 0 Å². The smallest absolute Gasteiger partial charge is 0.287 e. The molecule has 1 atom stereocenters. The van der Waals surface area contributed by atoms with Crippen molar-refractivity contribution in [1.29, 1.82) is 0 Å². The van der Waals surface area contributed by atoms with Gasteiger partial charge < -0.3 is 5.32 Å². The van der Waals surface area contributed by atoms with Crippen molar-refractivity contribution in [2.45, 2.75) is 25.9 Å². The molecule has 0 fully saturated rings. The minimum atomic E-state index is -0.306. The van der Waals surface area contributed by atoms with Gasteiger partial charge in [-0.2, -0.15) is 5.10 Å². The average Bonchev–Trinajstić information content (AvgIpc) is 2.91. The van der Waals surface area contributed by atoms with Crippen molar-refractivity contribution in [3.63, 3.8) is 0 Å². The van der Waals surface area contributed by atoms with Crippen molar-refractivity contribution in [2.75, 3.05) is 5.32 Å². The van der Waals surface area contributed by atoms with Gasteiger partial charge in [0.05, 0.1) is 18.4 Å². The third-order valence-electron chi connectivity index (χ3n) is 2.78. The van der Waals surface area contributed by atoms with Crippen LogP contribution in [0.4, 0.5) is 5.69 Å². The Balaban J connectivity index is 2.11. The van der Waals surface area contributed by atoms with Crippen LogP contribution in [-0.4, -0.2) is 15.8 Å². The lowest BCUT2D eigenvalue weighted by Gasteiger charge is -2.15. The molecule has 0 aliphatic heterocycles. The topological polar surface area (TPSA) is 46.9 Å². The molecule has 2 rings (SSSR count). The van der Waals surface area contributed by atoms with Gasteiger partial charge in [-0.25, -0.2) is 4.68 Å². The van der Waals surface area contributed by atoms with E-state index in [0.29, 0.717) is 12.2 Å². The molecule has 1 N–H and O–H groups in total. The predicted octanol–water partition coefficient (Wildman–Crippen LogP) is 3.19. The second kappa shape index (κ2) is 6.72. The average molecular weight is 310 g/mol. The fourth-order valence-corrected chi connectivity index (χ4v) is 2.90. The highest BCUT2D eigenvalue weighted by molar-refractivity contribution is 7.09. The highest BCUT2D eigenvalue weighted by atomic mass is 35.5. The molecule has 2 aromatic heterocycles. The number of thiophene rings is 1. The summed E-state index contributed by atoms with van der Waals surface area (Å²) in [5.74, 6) is 0. The second-order valence-corrected chi connectivity index (χ2v) is 5.89. The predicted molar refractivity (Wildman–Crippen MR) is 84.8 cm³/mol. The van der Waals surface area contributed by atoms with Gasteiger partial charge >= 0.3 is 0 Å². The van der Waals surface area contributed by atoms with Crippen molar-refractivity contribution in [2.24, 2.45) is 0 Å². The zero-order chi connectivity index (χ0) is 14.5. The van der Waals surface area contributed by atoms with Gasteiger partial charge in [-0.1, -0.05) is 23.7 Å². The maximum atomic E-state index is 12.0. The van der Waals surface area contributed by atoms with Crippen molar-refractivity contribution in [3.8, 4) is 0 Å². The number of allylic oxidation sites excluding steroid dienone is 1. The normalized spacial score (nSPS) is 12.1. The van der Waals surface area contributed by atoms with Crippen molar-refractivity contribution < 1.29 is 0 Å². The molecule has 0 bridgehead atoms. The summed E-state index contributed by atoms with van der Waals surface area (Å²) in [5.41, 5.74) is 0.265. The van der Waals surface area contributed by atoms with E-state index in [1.54, 1.807) is 23.6 Å². The molecule has 106 valence electrons. The number of aromatic nitrogens is 2. The number of anilines is 1. The summed E-state index contributed by atoms with van der Waals surface area (Å²) >= 11 is 7.81. The van der Waals surface area contributed by atoms with Gasteiger partial charge in [0.25, 0.3) is 5.56 Å². The zero-order valence-corrected chi connectivity index (χ0v) is 12.7. The molecule has 0 saturated carbocycles. The molecule has 2 aromatic rings. The van der Waals surface area contributed by atoms with Crippen LogP contribution in [0.25, 0.3) is 0 Å². The lowest BCUT2D eigenvalue weighted by Crippen LogP contribution is -2.26. The standard InChI is InChI=1S/C14H16ClN3OS/c1-3-6-18-14(19)13(15)12(9-16-18)17-10(2)8-11-5-4-7-20-11/h3-5,7,9-10,17H,1,6,8H2,2H3. The van der Waals surface area contributed by atoms with Gasteiger partial charge in [0, 0.05) is 17.3 Å². The summed E-state index contributed by atoms with van der Waals surface area (Å²) in [7, 11) is 0. The van der Waals surface area contributed by atoms with Crippen LogP contribution in [0.2, 0.25) is 5.02 Å². The number of rotatable bonds is 6. The van der Waals surface area contributed by atoms with Gasteiger partial charge in [-0.15, -0.1) is 17.9 Å². The number of nitrogens with zero attached hydrogens (tertiary/aromatic N) is 2. The molecule has 0 radical (unpaired) electrons. The maximum absolute atomic E-state index is 12.0. The van der Waals surface area contributed by atoms with Crippen LogP contribution in [0, 0.1) is 0 Å². The van der Waals surface area contributed by atoms with Crippen LogP contribution >= 0.6 is 22.9 Å². The number of nitrogens with one attached hydrogen (secondary N) is 1. The van der Waals surface area contributed by atoms with E-state index in [-0.39, 0.29) is 16.6 Å². The summed E-state index contributed by atoms with van der Waals surface area (Å²) in [6, 6.07) is 4.28. The van der Waals surface area contributed by atoms with Crippen LogP contribution in [0.5, 0.6) is 0 Å². The molecule has 1 unspecified atom stereocenters. The van der Waals surface area contributed by atoms with Crippen LogP contribution < -0.4 is 10.9 Å². The third-order valence-corrected chi connectivity index (χ3v) is 4.04. The molecule has 2 heterocycles. The minimum absolute atomic E-state index is 0.167. The first-order valence-electron chi connectivity index (χ1n) is 6.27. The SMILES string of the molecule is C=CCn1ncc(NC(C)Cc2cccs2)c(Cl)c1=O. The van der Waals surface area contributed by atoms with Crippen LogP contribution in [0.1, 0.15) is 11.8 Å². The molecule has 0 aromatic carbocycles. The van der Waals surface area contributed by atoms with Crippen LogP contribution in [0.15, 0.2) is 41.2 Å². The molecular weight excluding hydrogens is 294 g/mol. The molecule has 4 nitrogen and oxygen atoms in total. The fourth-order valence-electron chi connectivity index (χ4n) is 1.87. The van der Waals surface area contributed by atoms with Gasteiger partial charge in [-0.05, 0) is 18.4 Å². The molecule has 6 heteroatoms. The van der Waals surface area contributed by atoms with Crippen LogP contribution in [0.3, 0.4) is 0 Å². The Labute approximate surface area is 126 Å². The van der Waals surface area contributed by atoms with E-state index in [1.165, 1.54) is 9.56 Å². The van der Waals surface area contributed by atoms with E-state index in [4.69, 9.17) is 11.6 Å². The summed E-state index contributed by atoms with van der Waals surface area (Å²) in [5, 5.41) is 9.51. The Bertz CT molecular complexity index is 636. The zero-order valence-electron chi connectivity index (χ0n) is 11.2. The van der Waals surface area contributed by atoms with Gasteiger partial charge in [0.2, 0.25) is 0 Å². The molecule has 20 heavy (non-hydrogen) atoms. The highest BCUT2D eigenvalue weighted by Crippen LogP contribution is 2.18. The Morgan fingerprint density at radius 2 is 2.45 bits per heavy atom. The van der Waals surface area contributed by atoms with Gasteiger partial charge in [-0.3, -0.25) is 4.79 Å². The molecule has 0 aliphatic carbocycles. The monoisotopic (exact) mass is 309 g/mol. The first kappa shape index (κ1) is 14.8. The van der Waals surface area contributed by atoms with Crippen LogP contribution in [-0.2, 0) is 13.0 Å². The second-order valence-electron chi connectivity index (χ2n) is 4.48. The highest BCUT2D eigenvalue weighted by Gasteiger charge is 2.11. The lowest BCUT2D eigenvalue weighted by atomic mass is 10.2. The third kappa shape index (κ3) is 3.49. The molecule has 0 spiro atoms. The Morgan fingerprint density at radius 1 is 1.65 bits per heavy atom. The summed E-state index contributed by atoms with van der Waals surface area (Å²) in [6.07, 6.45) is 4.07. The molecular formula is C14H16ClN3OS. The summed E-state index contributed by atoms with van der Waals surface area (Å²) in [6.45, 7) is 5.98. The van der Waals surface area contributed by atoms with E-state index in [9.17, 15) is 4.79 Å². The Hall–Kier alpha value is -1.59. The van der Waals surface area contributed by atoms with Gasteiger partial charge in [0.1, 0.15) is 5.02 Å². The van der Waals surface area contributed by atoms with Gasteiger partial charge in [0.15, 0.2) is 0 Å². The first-order chi connectivity index (χ1) is 9.61. The summed E-state index contributed by atoms with van der Waals surface area (Å²) in [4.78, 5) is 13.2. The Morgan fingerprint density at radius 3 is 3.10 bits per heavy atom. The largest absolute Gasteiger partial charge is 0.380 e.